The van der Waals surface area contributed by atoms with Gasteiger partial charge in [0.15, 0.2) is 5.76 Å². The Morgan fingerprint density at radius 1 is 1.07 bits per heavy atom. The molecule has 0 spiro atoms. The van der Waals surface area contributed by atoms with Crippen LogP contribution in [-0.2, 0) is 4.74 Å². The molecule has 2 aromatic carbocycles. The second-order valence-electron chi connectivity index (χ2n) is 5.72. The zero-order valence-corrected chi connectivity index (χ0v) is 14.2. The van der Waals surface area contributed by atoms with Gasteiger partial charge >= 0.3 is 5.97 Å². The number of ether oxygens (including phenoxy) is 1. The first-order valence-corrected chi connectivity index (χ1v) is 8.05. The Hall–Kier alpha value is -3.48. The summed E-state index contributed by atoms with van der Waals surface area (Å²) in [5.41, 5.74) is 0.762. The van der Waals surface area contributed by atoms with Gasteiger partial charge in [-0.25, -0.2) is 13.6 Å². The van der Waals surface area contributed by atoms with Crippen molar-refractivity contribution in [3.05, 3.63) is 89.4 Å². The van der Waals surface area contributed by atoms with Crippen molar-refractivity contribution in [3.63, 3.8) is 0 Å². The highest BCUT2D eigenvalue weighted by Gasteiger charge is 2.17. The number of anilines is 1. The number of carbonyl (C=O) groups is 2. The van der Waals surface area contributed by atoms with Crippen LogP contribution in [0.5, 0.6) is 0 Å². The molecule has 0 saturated carbocycles. The van der Waals surface area contributed by atoms with E-state index in [0.29, 0.717) is 5.69 Å². The molecule has 0 aliphatic rings. The fraction of sp³-hybridized carbons (Fsp3) is 0.100. The summed E-state index contributed by atoms with van der Waals surface area (Å²) in [6, 6.07) is 12.2. The number of carbonyl (C=O) groups excluding carboxylic acids is 2. The minimum absolute atomic E-state index is 0.0760. The van der Waals surface area contributed by atoms with Crippen LogP contribution in [0.3, 0.4) is 0 Å². The minimum Gasteiger partial charge on any atom is -0.459 e. The highest BCUT2D eigenvalue weighted by Crippen LogP contribution is 2.23. The van der Waals surface area contributed by atoms with Crippen LogP contribution < -0.4 is 5.32 Å². The SMILES string of the molecule is CC(OC(=O)c1ccc(NC(=O)c2ccco2)cc1)c1ccc(F)cc1F. The van der Waals surface area contributed by atoms with Gasteiger partial charge in [0.25, 0.3) is 5.91 Å². The van der Waals surface area contributed by atoms with E-state index in [0.717, 1.165) is 12.1 Å². The van der Waals surface area contributed by atoms with Crippen LogP contribution in [0.15, 0.2) is 65.3 Å². The molecule has 3 aromatic rings. The maximum absolute atomic E-state index is 13.8. The van der Waals surface area contributed by atoms with Gasteiger partial charge in [0.2, 0.25) is 0 Å². The van der Waals surface area contributed by atoms with E-state index in [-0.39, 0.29) is 16.9 Å². The number of hydrogen-bond donors (Lipinski definition) is 1. The molecule has 5 nitrogen and oxygen atoms in total. The molecule has 1 amide bonds. The van der Waals surface area contributed by atoms with E-state index >= 15 is 0 Å². The predicted octanol–water partition coefficient (Wildman–Crippen LogP) is 4.73. The molecule has 0 aliphatic heterocycles. The Bertz CT molecular complexity index is 953. The van der Waals surface area contributed by atoms with Gasteiger partial charge in [-0.15, -0.1) is 0 Å². The first-order chi connectivity index (χ1) is 12.9. The second kappa shape index (κ2) is 7.82. The monoisotopic (exact) mass is 371 g/mol. The van der Waals surface area contributed by atoms with Gasteiger partial charge < -0.3 is 14.5 Å². The summed E-state index contributed by atoms with van der Waals surface area (Å²) >= 11 is 0. The van der Waals surface area contributed by atoms with Crippen molar-refractivity contribution in [2.75, 3.05) is 5.32 Å². The van der Waals surface area contributed by atoms with Gasteiger partial charge in [0, 0.05) is 17.3 Å². The average Bonchev–Trinajstić information content (AvgIpc) is 3.17. The maximum Gasteiger partial charge on any atom is 0.338 e. The van der Waals surface area contributed by atoms with E-state index in [1.165, 1.54) is 49.6 Å². The molecule has 27 heavy (non-hydrogen) atoms. The lowest BCUT2D eigenvalue weighted by Crippen LogP contribution is -2.12. The van der Waals surface area contributed by atoms with Crippen LogP contribution in [0.2, 0.25) is 0 Å². The van der Waals surface area contributed by atoms with Crippen molar-refractivity contribution in [2.24, 2.45) is 0 Å². The largest absolute Gasteiger partial charge is 0.459 e. The third kappa shape index (κ3) is 4.38. The Morgan fingerprint density at radius 3 is 2.44 bits per heavy atom. The number of rotatable bonds is 5. The highest BCUT2D eigenvalue weighted by molar-refractivity contribution is 6.02. The Morgan fingerprint density at radius 2 is 1.81 bits per heavy atom. The van der Waals surface area contributed by atoms with Crippen LogP contribution in [0.1, 0.15) is 39.5 Å². The molecule has 0 aliphatic carbocycles. The molecule has 3 rings (SSSR count). The second-order valence-corrected chi connectivity index (χ2v) is 5.72. The molecule has 0 saturated heterocycles. The smallest absolute Gasteiger partial charge is 0.338 e. The van der Waals surface area contributed by atoms with Crippen LogP contribution in [0.25, 0.3) is 0 Å². The summed E-state index contributed by atoms with van der Waals surface area (Å²) in [6.45, 7) is 1.49. The fourth-order valence-corrected chi connectivity index (χ4v) is 2.41. The van der Waals surface area contributed by atoms with Crippen LogP contribution in [0, 0.1) is 11.6 Å². The van der Waals surface area contributed by atoms with Gasteiger partial charge in [0.05, 0.1) is 11.8 Å². The maximum atomic E-state index is 13.8. The van der Waals surface area contributed by atoms with Gasteiger partial charge in [-0.2, -0.15) is 0 Å². The van der Waals surface area contributed by atoms with E-state index in [2.05, 4.69) is 5.32 Å². The number of nitrogens with one attached hydrogen (secondary N) is 1. The topological polar surface area (TPSA) is 68.5 Å². The third-order valence-corrected chi connectivity index (χ3v) is 3.81. The number of hydrogen-bond acceptors (Lipinski definition) is 4. The normalized spacial score (nSPS) is 11.7. The van der Waals surface area contributed by atoms with Crippen molar-refractivity contribution >= 4 is 17.6 Å². The van der Waals surface area contributed by atoms with Gasteiger partial charge in [-0.3, -0.25) is 4.79 Å². The third-order valence-electron chi connectivity index (χ3n) is 3.81. The van der Waals surface area contributed by atoms with Crippen LogP contribution in [0.4, 0.5) is 14.5 Å². The molecule has 1 unspecified atom stereocenters. The number of halogens is 2. The van der Waals surface area contributed by atoms with E-state index in [4.69, 9.17) is 9.15 Å². The van der Waals surface area contributed by atoms with Gasteiger partial charge in [-0.05, 0) is 55.5 Å². The summed E-state index contributed by atoms with van der Waals surface area (Å²) in [4.78, 5) is 24.1. The van der Waals surface area contributed by atoms with E-state index in [9.17, 15) is 18.4 Å². The highest BCUT2D eigenvalue weighted by atomic mass is 19.1. The van der Waals surface area contributed by atoms with Gasteiger partial charge in [-0.1, -0.05) is 0 Å². The van der Waals surface area contributed by atoms with Crippen molar-refractivity contribution in [1.29, 1.82) is 0 Å². The van der Waals surface area contributed by atoms with Crippen molar-refractivity contribution in [3.8, 4) is 0 Å². The summed E-state index contributed by atoms with van der Waals surface area (Å²) in [5.74, 6) is -2.42. The van der Waals surface area contributed by atoms with E-state index < -0.39 is 29.6 Å². The lowest BCUT2D eigenvalue weighted by atomic mass is 10.1. The van der Waals surface area contributed by atoms with Crippen molar-refractivity contribution in [1.82, 2.24) is 0 Å². The predicted molar refractivity (Wildman–Crippen MR) is 93.3 cm³/mol. The number of furan rings is 1. The molecule has 1 aromatic heterocycles. The molecular weight excluding hydrogens is 356 g/mol. The van der Waals surface area contributed by atoms with E-state index in [1.807, 2.05) is 0 Å². The standard InChI is InChI=1S/C20H15F2NO4/c1-12(16-9-6-14(21)11-17(16)22)27-20(25)13-4-7-15(8-5-13)23-19(24)18-3-2-10-26-18/h2-12H,1H3,(H,23,24). The Labute approximate surface area is 153 Å². The Kier molecular flexibility index (Phi) is 5.30. The molecule has 0 fully saturated rings. The molecule has 0 radical (unpaired) electrons. The number of amides is 1. The summed E-state index contributed by atoms with van der Waals surface area (Å²) in [6.07, 6.45) is 0.496. The summed E-state index contributed by atoms with van der Waals surface area (Å²) in [5, 5.41) is 2.62. The van der Waals surface area contributed by atoms with Crippen LogP contribution in [-0.4, -0.2) is 11.9 Å². The molecule has 0 bridgehead atoms. The minimum atomic E-state index is -0.892. The summed E-state index contributed by atoms with van der Waals surface area (Å²) in [7, 11) is 0. The molecule has 138 valence electrons. The zero-order valence-electron chi connectivity index (χ0n) is 14.2. The first-order valence-electron chi connectivity index (χ1n) is 8.05. The summed E-state index contributed by atoms with van der Waals surface area (Å²) < 4.78 is 36.9. The van der Waals surface area contributed by atoms with Crippen molar-refractivity contribution < 1.29 is 27.5 Å². The lowest BCUT2D eigenvalue weighted by molar-refractivity contribution is 0.0331. The zero-order chi connectivity index (χ0) is 19.4. The molecular formula is C20H15F2NO4. The molecule has 1 N–H and O–H groups in total. The molecule has 1 atom stereocenters. The fourth-order valence-electron chi connectivity index (χ4n) is 2.41. The molecule has 7 heteroatoms. The quantitative estimate of drug-likeness (QED) is 0.659. The molecule has 1 heterocycles. The number of benzene rings is 2. The lowest BCUT2D eigenvalue weighted by Gasteiger charge is -2.14. The number of esters is 1. The average molecular weight is 371 g/mol. The van der Waals surface area contributed by atoms with Crippen molar-refractivity contribution in [2.45, 2.75) is 13.0 Å². The first kappa shape index (κ1) is 18.3. The van der Waals surface area contributed by atoms with Gasteiger partial charge in [0.1, 0.15) is 17.7 Å². The Balaban J connectivity index is 1.64. The van der Waals surface area contributed by atoms with E-state index in [1.54, 1.807) is 6.07 Å². The van der Waals surface area contributed by atoms with Crippen LogP contribution >= 0.6 is 0 Å².